The van der Waals surface area contributed by atoms with Crippen molar-refractivity contribution in [1.82, 2.24) is 4.98 Å². The lowest BCUT2D eigenvalue weighted by Crippen LogP contribution is -1.96. The molecule has 2 rings (SSSR count). The number of aryl methyl sites for hydroxylation is 1. The van der Waals surface area contributed by atoms with E-state index in [1.54, 1.807) is 0 Å². The van der Waals surface area contributed by atoms with Gasteiger partial charge in [-0.3, -0.25) is 4.98 Å². The molecule has 1 aromatic rings. The van der Waals surface area contributed by atoms with Crippen LogP contribution < -0.4 is 0 Å². The summed E-state index contributed by atoms with van der Waals surface area (Å²) in [6.45, 7) is 4.34. The summed E-state index contributed by atoms with van der Waals surface area (Å²) in [5.41, 5.74) is 2.52. The highest BCUT2D eigenvalue weighted by Gasteiger charge is 2.28. The Balaban J connectivity index is 2.16. The van der Waals surface area contributed by atoms with E-state index in [1.165, 1.54) is 18.4 Å². The lowest BCUT2D eigenvalue weighted by molar-refractivity contribution is 0.660. The first kappa shape index (κ1) is 7.78. The highest BCUT2D eigenvalue weighted by Crippen LogP contribution is 2.41. The van der Waals surface area contributed by atoms with Crippen LogP contribution >= 0.6 is 0 Å². The van der Waals surface area contributed by atoms with E-state index in [0.717, 1.165) is 17.5 Å². The molecule has 1 aliphatic carbocycles. The Morgan fingerprint density at radius 3 is 2.67 bits per heavy atom. The van der Waals surface area contributed by atoms with Gasteiger partial charge in [-0.1, -0.05) is 13.0 Å². The Morgan fingerprint density at radius 2 is 2.17 bits per heavy atom. The molecule has 0 aliphatic heterocycles. The molecule has 1 heteroatoms. The summed E-state index contributed by atoms with van der Waals surface area (Å²) in [4.78, 5) is 4.31. The summed E-state index contributed by atoms with van der Waals surface area (Å²) >= 11 is 0. The number of aromatic nitrogens is 1. The number of nitrogens with zero attached hydrogens (tertiary/aromatic N) is 1. The fraction of sp³-hybridized carbons (Fsp3) is 0.545. The van der Waals surface area contributed by atoms with Crippen LogP contribution in [0.5, 0.6) is 0 Å². The molecule has 1 nitrogen and oxygen atoms in total. The summed E-state index contributed by atoms with van der Waals surface area (Å²) in [5.74, 6) is 1.66. The third-order valence-corrected chi connectivity index (χ3v) is 2.79. The molecule has 0 spiro atoms. The lowest BCUT2D eigenvalue weighted by atomic mass is 9.98. The highest BCUT2D eigenvalue weighted by molar-refractivity contribution is 5.19. The molecule has 1 aliphatic rings. The molecule has 1 heterocycles. The van der Waals surface area contributed by atoms with Crippen molar-refractivity contribution in [2.24, 2.45) is 5.92 Å². The van der Waals surface area contributed by atoms with Gasteiger partial charge >= 0.3 is 0 Å². The molecule has 0 saturated heterocycles. The minimum atomic E-state index is 0.720. The van der Waals surface area contributed by atoms with Crippen LogP contribution in [0.3, 0.4) is 0 Å². The second kappa shape index (κ2) is 2.89. The quantitative estimate of drug-likeness (QED) is 0.650. The maximum Gasteiger partial charge on any atom is 0.0372 e. The molecule has 0 bridgehead atoms. The average molecular weight is 161 g/mol. The van der Waals surface area contributed by atoms with Crippen LogP contribution in [-0.4, -0.2) is 4.98 Å². The van der Waals surface area contributed by atoms with Gasteiger partial charge in [-0.05, 0) is 43.2 Å². The maximum absolute atomic E-state index is 4.31. The number of hydrogen-bond acceptors (Lipinski definition) is 1. The summed E-state index contributed by atoms with van der Waals surface area (Å²) < 4.78 is 0. The van der Waals surface area contributed by atoms with Gasteiger partial charge in [0.05, 0.1) is 0 Å². The van der Waals surface area contributed by atoms with Gasteiger partial charge < -0.3 is 0 Å². The van der Waals surface area contributed by atoms with Crippen LogP contribution in [0.15, 0.2) is 18.3 Å². The van der Waals surface area contributed by atoms with Gasteiger partial charge in [0.25, 0.3) is 0 Å². The molecule has 1 aromatic heterocycles. The summed E-state index contributed by atoms with van der Waals surface area (Å²) in [5, 5.41) is 0. The molecular weight excluding hydrogens is 146 g/mol. The molecule has 1 saturated carbocycles. The third-order valence-electron chi connectivity index (χ3n) is 2.79. The monoisotopic (exact) mass is 161 g/mol. The third kappa shape index (κ3) is 1.50. The van der Waals surface area contributed by atoms with Gasteiger partial charge in [0.2, 0.25) is 0 Å². The van der Waals surface area contributed by atoms with Gasteiger partial charge in [-0.15, -0.1) is 0 Å². The van der Waals surface area contributed by atoms with Crippen LogP contribution in [0, 0.1) is 12.8 Å². The first-order valence-corrected chi connectivity index (χ1v) is 4.70. The minimum Gasteiger partial charge on any atom is -0.261 e. The van der Waals surface area contributed by atoms with Crippen LogP contribution in [0.4, 0.5) is 0 Å². The number of rotatable bonds is 2. The topological polar surface area (TPSA) is 12.9 Å². The van der Waals surface area contributed by atoms with E-state index in [0.29, 0.717) is 0 Å². The summed E-state index contributed by atoms with van der Waals surface area (Å²) in [6.07, 6.45) is 4.85. The van der Waals surface area contributed by atoms with E-state index < -0.39 is 0 Å². The zero-order valence-electron chi connectivity index (χ0n) is 7.75. The molecule has 0 amide bonds. The summed E-state index contributed by atoms with van der Waals surface area (Å²) in [6, 6.07) is 4.32. The second-order valence-electron chi connectivity index (χ2n) is 3.86. The lowest BCUT2D eigenvalue weighted by Gasteiger charge is -2.09. The van der Waals surface area contributed by atoms with Crippen molar-refractivity contribution in [2.45, 2.75) is 32.6 Å². The van der Waals surface area contributed by atoms with Crippen molar-refractivity contribution < 1.29 is 0 Å². The number of hydrogen-bond donors (Lipinski definition) is 0. The smallest absolute Gasteiger partial charge is 0.0372 e. The van der Waals surface area contributed by atoms with Crippen LogP contribution in [0.2, 0.25) is 0 Å². The fourth-order valence-electron chi connectivity index (χ4n) is 1.62. The molecule has 64 valence electrons. The zero-order chi connectivity index (χ0) is 8.55. The van der Waals surface area contributed by atoms with Crippen molar-refractivity contribution >= 4 is 0 Å². The second-order valence-corrected chi connectivity index (χ2v) is 3.86. The largest absolute Gasteiger partial charge is 0.261 e. The van der Waals surface area contributed by atoms with E-state index in [9.17, 15) is 0 Å². The van der Waals surface area contributed by atoms with Crippen molar-refractivity contribution in [2.75, 3.05) is 0 Å². The van der Waals surface area contributed by atoms with Crippen LogP contribution in [0.1, 0.15) is 36.9 Å². The fourth-order valence-corrected chi connectivity index (χ4v) is 1.62. The molecule has 0 N–H and O–H groups in total. The van der Waals surface area contributed by atoms with Gasteiger partial charge in [0.1, 0.15) is 0 Å². The highest BCUT2D eigenvalue weighted by atomic mass is 14.7. The van der Waals surface area contributed by atoms with E-state index in [4.69, 9.17) is 0 Å². The number of pyridine rings is 1. The molecule has 1 fully saturated rings. The maximum atomic E-state index is 4.31. The minimum absolute atomic E-state index is 0.720. The van der Waals surface area contributed by atoms with Gasteiger partial charge in [0, 0.05) is 11.9 Å². The molecule has 12 heavy (non-hydrogen) atoms. The molecular formula is C11H15N. The first-order valence-electron chi connectivity index (χ1n) is 4.70. The normalized spacial score (nSPS) is 19.2. The molecule has 0 aromatic carbocycles. The summed E-state index contributed by atoms with van der Waals surface area (Å²) in [7, 11) is 0. The van der Waals surface area contributed by atoms with Crippen LogP contribution in [0.25, 0.3) is 0 Å². The van der Waals surface area contributed by atoms with Gasteiger partial charge in [-0.2, -0.15) is 0 Å². The Labute approximate surface area is 73.8 Å². The average Bonchev–Trinajstić information content (AvgIpc) is 2.87. The van der Waals surface area contributed by atoms with Crippen LogP contribution in [-0.2, 0) is 0 Å². The van der Waals surface area contributed by atoms with E-state index >= 15 is 0 Å². The van der Waals surface area contributed by atoms with E-state index in [-0.39, 0.29) is 0 Å². The molecule has 1 atom stereocenters. The Kier molecular flexibility index (Phi) is 1.87. The van der Waals surface area contributed by atoms with Crippen molar-refractivity contribution in [3.63, 3.8) is 0 Å². The zero-order valence-corrected chi connectivity index (χ0v) is 7.75. The van der Waals surface area contributed by atoms with Gasteiger partial charge in [0.15, 0.2) is 0 Å². The first-order chi connectivity index (χ1) is 5.77. The van der Waals surface area contributed by atoms with E-state index in [2.05, 4.69) is 24.0 Å². The van der Waals surface area contributed by atoms with Gasteiger partial charge in [-0.25, -0.2) is 0 Å². The Morgan fingerprint density at radius 1 is 1.42 bits per heavy atom. The SMILES string of the molecule is Cc1ccc(C(C)C2CC2)cn1. The molecule has 0 radical (unpaired) electrons. The predicted octanol–water partition coefficient (Wildman–Crippen LogP) is 2.90. The Bertz CT molecular complexity index is 259. The predicted molar refractivity (Wildman–Crippen MR) is 50.1 cm³/mol. The van der Waals surface area contributed by atoms with Crippen molar-refractivity contribution in [3.05, 3.63) is 29.6 Å². The Hall–Kier alpha value is -0.850. The molecule has 1 unspecified atom stereocenters. The van der Waals surface area contributed by atoms with E-state index in [1.807, 2.05) is 13.1 Å². The van der Waals surface area contributed by atoms with Crippen molar-refractivity contribution in [3.8, 4) is 0 Å². The van der Waals surface area contributed by atoms with Crippen molar-refractivity contribution in [1.29, 1.82) is 0 Å². The standard InChI is InChI=1S/C11H15N/c1-8-3-4-11(7-12-8)9(2)10-5-6-10/h3-4,7,9-10H,5-6H2,1-2H3.